The molecule has 0 aromatic rings. The highest BCUT2D eigenvalue weighted by molar-refractivity contribution is 5.71. The lowest BCUT2D eigenvalue weighted by Crippen LogP contribution is -2.30. The van der Waals surface area contributed by atoms with Crippen LogP contribution in [-0.2, 0) is 28.6 Å². The van der Waals surface area contributed by atoms with Crippen LogP contribution >= 0.6 is 0 Å². The van der Waals surface area contributed by atoms with E-state index in [1.165, 1.54) is 122 Å². The highest BCUT2D eigenvalue weighted by Gasteiger charge is 2.19. The Morgan fingerprint density at radius 1 is 0.318 bits per heavy atom. The van der Waals surface area contributed by atoms with Crippen LogP contribution < -0.4 is 0 Å². The highest BCUT2D eigenvalue weighted by atomic mass is 16.6. The standard InChI is InChI=1S/C60H104O6/c1-4-7-10-13-16-19-22-25-28-29-30-31-33-35-38-41-44-47-50-53-59(62)65-56-57(55-64-58(61)52-49-46-43-40-37-34-27-24-21-18-15-12-9-6-3)66-60(63)54-51-48-45-42-39-36-32-26-23-20-17-14-11-8-5-2/h7,10,16,19,25-26,28,30-32,35,38,57H,4-6,8-9,11-15,17-18,20-24,27,29,33-34,36-37,39-56H2,1-3H3/b10-7-,19-16-,28-25-,31-30-,32-26-,38-35-/t57-/m1/s1. The van der Waals surface area contributed by atoms with Crippen molar-refractivity contribution in [2.75, 3.05) is 13.2 Å². The molecule has 0 rings (SSSR count). The smallest absolute Gasteiger partial charge is 0.306 e. The van der Waals surface area contributed by atoms with Crippen LogP contribution in [0, 0.1) is 0 Å². The molecule has 0 bridgehead atoms. The van der Waals surface area contributed by atoms with E-state index in [4.69, 9.17) is 14.2 Å². The summed E-state index contributed by atoms with van der Waals surface area (Å²) < 4.78 is 16.8. The first-order chi connectivity index (χ1) is 32.5. The van der Waals surface area contributed by atoms with Crippen molar-refractivity contribution in [2.24, 2.45) is 0 Å². The molecule has 0 aliphatic carbocycles. The zero-order valence-corrected chi connectivity index (χ0v) is 43.4. The van der Waals surface area contributed by atoms with E-state index in [2.05, 4.69) is 93.7 Å². The summed E-state index contributed by atoms with van der Waals surface area (Å²) in [6.45, 7) is 6.50. The number of esters is 3. The second-order valence-corrected chi connectivity index (χ2v) is 18.5. The van der Waals surface area contributed by atoms with E-state index >= 15 is 0 Å². The van der Waals surface area contributed by atoms with E-state index < -0.39 is 6.10 Å². The van der Waals surface area contributed by atoms with Crippen molar-refractivity contribution in [1.29, 1.82) is 0 Å². The number of hydrogen-bond acceptors (Lipinski definition) is 6. The van der Waals surface area contributed by atoms with Gasteiger partial charge in [0.2, 0.25) is 0 Å². The zero-order valence-electron chi connectivity index (χ0n) is 43.4. The molecule has 0 aromatic heterocycles. The summed E-state index contributed by atoms with van der Waals surface area (Å²) in [5.74, 6) is -0.922. The van der Waals surface area contributed by atoms with Crippen LogP contribution in [0.3, 0.4) is 0 Å². The highest BCUT2D eigenvalue weighted by Crippen LogP contribution is 2.15. The number of ether oxygens (including phenoxy) is 3. The Kier molecular flexibility index (Phi) is 51.9. The summed E-state index contributed by atoms with van der Waals surface area (Å²) in [5.41, 5.74) is 0. The van der Waals surface area contributed by atoms with Gasteiger partial charge < -0.3 is 14.2 Å². The Morgan fingerprint density at radius 2 is 0.591 bits per heavy atom. The normalized spacial score (nSPS) is 12.6. The Balaban J connectivity index is 4.44. The van der Waals surface area contributed by atoms with Gasteiger partial charge in [-0.15, -0.1) is 0 Å². The Bertz CT molecular complexity index is 1240. The average Bonchev–Trinajstić information content (AvgIpc) is 3.31. The van der Waals surface area contributed by atoms with E-state index in [0.29, 0.717) is 19.3 Å². The Labute approximate surface area is 408 Å². The maximum absolute atomic E-state index is 12.8. The maximum atomic E-state index is 12.8. The van der Waals surface area contributed by atoms with Crippen molar-refractivity contribution in [3.05, 3.63) is 72.9 Å². The van der Waals surface area contributed by atoms with Crippen LogP contribution in [0.1, 0.15) is 271 Å². The molecular weight excluding hydrogens is 817 g/mol. The lowest BCUT2D eigenvalue weighted by atomic mass is 10.0. The largest absolute Gasteiger partial charge is 0.462 e. The van der Waals surface area contributed by atoms with E-state index in [1.807, 2.05) is 0 Å². The summed E-state index contributed by atoms with van der Waals surface area (Å²) in [4.78, 5) is 38.1. The average molecular weight is 921 g/mol. The first kappa shape index (κ1) is 62.8. The number of allylic oxidation sites excluding steroid dienone is 12. The monoisotopic (exact) mass is 921 g/mol. The molecule has 6 heteroatoms. The van der Waals surface area contributed by atoms with Crippen LogP contribution in [0.4, 0.5) is 0 Å². The van der Waals surface area contributed by atoms with Gasteiger partial charge in [-0.3, -0.25) is 14.4 Å². The molecule has 6 nitrogen and oxygen atoms in total. The molecule has 0 aliphatic heterocycles. The third-order valence-electron chi connectivity index (χ3n) is 11.9. The fourth-order valence-electron chi connectivity index (χ4n) is 7.76. The predicted molar refractivity (Wildman–Crippen MR) is 284 cm³/mol. The molecule has 0 unspecified atom stereocenters. The van der Waals surface area contributed by atoms with Gasteiger partial charge in [-0.25, -0.2) is 0 Å². The van der Waals surface area contributed by atoms with Crippen molar-refractivity contribution in [3.8, 4) is 0 Å². The summed E-state index contributed by atoms with van der Waals surface area (Å²) in [5, 5.41) is 0. The topological polar surface area (TPSA) is 78.9 Å². The van der Waals surface area contributed by atoms with E-state index in [-0.39, 0.29) is 31.1 Å². The lowest BCUT2D eigenvalue weighted by Gasteiger charge is -2.18. The molecule has 0 saturated heterocycles. The van der Waals surface area contributed by atoms with Crippen molar-refractivity contribution < 1.29 is 28.6 Å². The molecule has 1 atom stereocenters. The number of rotatable bonds is 50. The number of carbonyl (C=O) groups excluding carboxylic acids is 3. The van der Waals surface area contributed by atoms with Crippen LogP contribution in [-0.4, -0.2) is 37.2 Å². The molecule has 0 amide bonds. The Hall–Kier alpha value is -3.15. The van der Waals surface area contributed by atoms with Gasteiger partial charge in [-0.2, -0.15) is 0 Å². The molecule has 0 radical (unpaired) electrons. The zero-order chi connectivity index (χ0) is 47.9. The summed E-state index contributed by atoms with van der Waals surface area (Å²) in [7, 11) is 0. The molecular formula is C60H104O6. The number of hydrogen-bond donors (Lipinski definition) is 0. The van der Waals surface area contributed by atoms with Crippen molar-refractivity contribution >= 4 is 17.9 Å². The lowest BCUT2D eigenvalue weighted by molar-refractivity contribution is -0.167. The number of carbonyl (C=O) groups is 3. The van der Waals surface area contributed by atoms with Gasteiger partial charge in [0.15, 0.2) is 6.10 Å². The molecule has 0 spiro atoms. The molecule has 0 N–H and O–H groups in total. The quantitative estimate of drug-likeness (QED) is 0.0262. The molecule has 0 heterocycles. The van der Waals surface area contributed by atoms with Crippen LogP contribution in [0.15, 0.2) is 72.9 Å². The molecule has 66 heavy (non-hydrogen) atoms. The van der Waals surface area contributed by atoms with Crippen LogP contribution in [0.25, 0.3) is 0 Å². The second-order valence-electron chi connectivity index (χ2n) is 18.5. The van der Waals surface area contributed by atoms with E-state index in [1.54, 1.807) is 0 Å². The molecule has 380 valence electrons. The first-order valence-corrected chi connectivity index (χ1v) is 27.9. The Morgan fingerprint density at radius 3 is 0.955 bits per heavy atom. The van der Waals surface area contributed by atoms with Gasteiger partial charge in [0.05, 0.1) is 0 Å². The van der Waals surface area contributed by atoms with Gasteiger partial charge in [0.25, 0.3) is 0 Å². The number of unbranched alkanes of at least 4 members (excludes halogenated alkanes) is 27. The minimum absolute atomic E-state index is 0.0872. The minimum atomic E-state index is -0.791. The van der Waals surface area contributed by atoms with Crippen LogP contribution in [0.2, 0.25) is 0 Å². The van der Waals surface area contributed by atoms with Gasteiger partial charge in [0, 0.05) is 19.3 Å². The fourth-order valence-corrected chi connectivity index (χ4v) is 7.76. The molecule has 0 saturated carbocycles. The third kappa shape index (κ3) is 51.8. The molecule has 0 aromatic carbocycles. The summed E-state index contributed by atoms with van der Waals surface area (Å²) >= 11 is 0. The van der Waals surface area contributed by atoms with Gasteiger partial charge in [-0.1, -0.05) is 235 Å². The van der Waals surface area contributed by atoms with Gasteiger partial charge in [0.1, 0.15) is 13.2 Å². The molecule has 0 fully saturated rings. The summed E-state index contributed by atoms with van der Waals surface area (Å²) in [6, 6.07) is 0. The van der Waals surface area contributed by atoms with E-state index in [9.17, 15) is 14.4 Å². The first-order valence-electron chi connectivity index (χ1n) is 27.9. The van der Waals surface area contributed by atoms with Gasteiger partial charge in [-0.05, 0) is 89.9 Å². The third-order valence-corrected chi connectivity index (χ3v) is 11.9. The van der Waals surface area contributed by atoms with Gasteiger partial charge >= 0.3 is 17.9 Å². The van der Waals surface area contributed by atoms with Crippen molar-refractivity contribution in [3.63, 3.8) is 0 Å². The SMILES string of the molecule is CC/C=C\C/C=C\C/C=C\C/C=C\C/C=C\CCCCCC(=O)OC[C@@H](COC(=O)CCCCCCCCCCCCCCCC)OC(=O)CCCCCCC/C=C\CCCCCCCC. The maximum Gasteiger partial charge on any atom is 0.306 e. The van der Waals surface area contributed by atoms with E-state index in [0.717, 1.165) is 109 Å². The van der Waals surface area contributed by atoms with Crippen molar-refractivity contribution in [2.45, 2.75) is 277 Å². The molecule has 0 aliphatic rings. The second kappa shape index (κ2) is 54.5. The summed E-state index contributed by atoms with van der Waals surface area (Å²) in [6.07, 6.45) is 68.8. The predicted octanol–water partition coefficient (Wildman–Crippen LogP) is 18.6. The van der Waals surface area contributed by atoms with Crippen molar-refractivity contribution in [1.82, 2.24) is 0 Å². The van der Waals surface area contributed by atoms with Crippen LogP contribution in [0.5, 0.6) is 0 Å². The fraction of sp³-hybridized carbons (Fsp3) is 0.750. The minimum Gasteiger partial charge on any atom is -0.462 e.